The van der Waals surface area contributed by atoms with E-state index in [4.69, 9.17) is 5.73 Å². The molecule has 1 atom stereocenters. The monoisotopic (exact) mass is 315 g/mol. The molecule has 21 heavy (non-hydrogen) atoms. The van der Waals surface area contributed by atoms with Crippen LogP contribution in [0.2, 0.25) is 0 Å². The van der Waals surface area contributed by atoms with Gasteiger partial charge in [-0.25, -0.2) is 0 Å². The first-order valence-electron chi connectivity index (χ1n) is 7.25. The fourth-order valence-corrected chi connectivity index (χ4v) is 4.58. The first-order chi connectivity index (χ1) is 9.93. The van der Waals surface area contributed by atoms with Gasteiger partial charge in [-0.15, -0.1) is 22.7 Å². The lowest BCUT2D eigenvalue weighted by atomic mass is 9.86. The molecular formula is C18H21NS2. The van der Waals surface area contributed by atoms with Crippen LogP contribution in [0.3, 0.4) is 0 Å². The minimum absolute atomic E-state index is 0.0927. The first kappa shape index (κ1) is 14.8. The molecular weight excluding hydrogens is 294 g/mol. The van der Waals surface area contributed by atoms with Crippen molar-refractivity contribution in [3.8, 4) is 0 Å². The molecule has 3 aromatic rings. The van der Waals surface area contributed by atoms with Crippen LogP contribution in [0.5, 0.6) is 0 Å². The molecule has 0 saturated carbocycles. The lowest BCUT2D eigenvalue weighted by molar-refractivity contribution is 0.589. The van der Waals surface area contributed by atoms with E-state index in [1.165, 1.54) is 25.4 Å². The number of hydrogen-bond donors (Lipinski definition) is 1. The van der Waals surface area contributed by atoms with E-state index in [0.717, 1.165) is 6.42 Å². The summed E-state index contributed by atoms with van der Waals surface area (Å²) >= 11 is 3.62. The van der Waals surface area contributed by atoms with E-state index in [1.807, 2.05) is 11.3 Å². The molecule has 0 saturated heterocycles. The highest BCUT2D eigenvalue weighted by molar-refractivity contribution is 7.26. The molecule has 1 unspecified atom stereocenters. The number of nitrogens with two attached hydrogens (primary N) is 1. The zero-order valence-corrected chi connectivity index (χ0v) is 14.4. The molecule has 2 heterocycles. The minimum atomic E-state index is 0.0927. The molecule has 2 aromatic heterocycles. The summed E-state index contributed by atoms with van der Waals surface area (Å²) in [4.78, 5) is 1.29. The number of fused-ring (bicyclic) bond motifs is 1. The molecule has 0 bridgehead atoms. The Labute approximate surface area is 134 Å². The summed E-state index contributed by atoms with van der Waals surface area (Å²) in [5.74, 6) is 0. The van der Waals surface area contributed by atoms with Crippen LogP contribution in [0.1, 0.15) is 42.8 Å². The van der Waals surface area contributed by atoms with Crippen LogP contribution in [0.4, 0.5) is 0 Å². The summed E-state index contributed by atoms with van der Waals surface area (Å²) in [6.07, 6.45) is 0.901. The number of thiophene rings is 2. The Morgan fingerprint density at radius 3 is 2.38 bits per heavy atom. The van der Waals surface area contributed by atoms with Crippen LogP contribution in [0, 0.1) is 0 Å². The molecule has 0 aliphatic carbocycles. The lowest BCUT2D eigenvalue weighted by Gasteiger charge is -2.19. The second-order valence-corrected chi connectivity index (χ2v) is 8.62. The Bertz CT molecular complexity index is 700. The van der Waals surface area contributed by atoms with Gasteiger partial charge in [0.05, 0.1) is 0 Å². The summed E-state index contributed by atoms with van der Waals surface area (Å²) in [5, 5.41) is 2.14. The van der Waals surface area contributed by atoms with Crippen molar-refractivity contribution >= 4 is 32.1 Å². The van der Waals surface area contributed by atoms with Crippen LogP contribution < -0.4 is 5.73 Å². The molecule has 3 heteroatoms. The Kier molecular flexibility index (Phi) is 3.91. The molecule has 1 aromatic carbocycles. The van der Waals surface area contributed by atoms with E-state index in [1.54, 1.807) is 11.3 Å². The second-order valence-electron chi connectivity index (χ2n) is 6.56. The van der Waals surface area contributed by atoms with Crippen molar-refractivity contribution in [2.75, 3.05) is 0 Å². The van der Waals surface area contributed by atoms with Crippen molar-refractivity contribution in [3.05, 3.63) is 57.8 Å². The Hall–Kier alpha value is -1.16. The largest absolute Gasteiger partial charge is 0.323 e. The number of benzene rings is 1. The van der Waals surface area contributed by atoms with Crippen LogP contribution in [-0.4, -0.2) is 0 Å². The van der Waals surface area contributed by atoms with Crippen molar-refractivity contribution in [2.45, 2.75) is 38.6 Å². The van der Waals surface area contributed by atoms with E-state index in [-0.39, 0.29) is 11.5 Å². The van der Waals surface area contributed by atoms with Gasteiger partial charge in [0.1, 0.15) is 0 Å². The molecule has 110 valence electrons. The molecule has 0 spiro atoms. The van der Waals surface area contributed by atoms with Crippen molar-refractivity contribution in [2.24, 2.45) is 5.73 Å². The average molecular weight is 316 g/mol. The maximum atomic E-state index is 6.39. The zero-order chi connectivity index (χ0) is 15.0. The van der Waals surface area contributed by atoms with Gasteiger partial charge in [-0.2, -0.15) is 0 Å². The quantitative estimate of drug-likeness (QED) is 0.678. The summed E-state index contributed by atoms with van der Waals surface area (Å²) in [5.41, 5.74) is 9.28. The zero-order valence-electron chi connectivity index (χ0n) is 12.7. The highest BCUT2D eigenvalue weighted by Gasteiger charge is 2.15. The van der Waals surface area contributed by atoms with Crippen molar-refractivity contribution in [3.63, 3.8) is 0 Å². The third-order valence-electron chi connectivity index (χ3n) is 3.80. The van der Waals surface area contributed by atoms with Gasteiger partial charge >= 0.3 is 0 Å². The van der Waals surface area contributed by atoms with Gasteiger partial charge in [0.2, 0.25) is 0 Å². The Balaban J connectivity index is 1.75. The maximum absolute atomic E-state index is 6.39. The van der Waals surface area contributed by atoms with Crippen molar-refractivity contribution in [1.29, 1.82) is 0 Å². The van der Waals surface area contributed by atoms with Crippen molar-refractivity contribution < 1.29 is 0 Å². The normalized spacial score (nSPS) is 13.7. The molecule has 1 nitrogen and oxygen atoms in total. The van der Waals surface area contributed by atoms with Gasteiger partial charge < -0.3 is 5.73 Å². The Morgan fingerprint density at radius 1 is 1.05 bits per heavy atom. The van der Waals surface area contributed by atoms with Gasteiger partial charge in [-0.05, 0) is 40.5 Å². The number of rotatable bonds is 3. The van der Waals surface area contributed by atoms with Crippen LogP contribution in [-0.2, 0) is 11.8 Å². The fourth-order valence-electron chi connectivity index (χ4n) is 2.46. The SMILES string of the molecule is CC(C)(C)c1ccc(CC(N)c2cc3sccc3s2)cc1. The first-order valence-corrected chi connectivity index (χ1v) is 8.95. The molecule has 0 fully saturated rings. The molecule has 2 N–H and O–H groups in total. The average Bonchev–Trinajstić information content (AvgIpc) is 2.98. The van der Waals surface area contributed by atoms with Gasteiger partial charge in [-0.1, -0.05) is 45.0 Å². The van der Waals surface area contributed by atoms with Crippen LogP contribution >= 0.6 is 22.7 Å². The summed E-state index contributed by atoms with van der Waals surface area (Å²) < 4.78 is 2.71. The fraction of sp³-hybridized carbons (Fsp3) is 0.333. The predicted octanol–water partition coefficient (Wildman–Crippen LogP) is 5.50. The van der Waals surface area contributed by atoms with E-state index in [0.29, 0.717) is 0 Å². The molecule has 0 aliphatic heterocycles. The molecule has 0 aliphatic rings. The highest BCUT2D eigenvalue weighted by Crippen LogP contribution is 2.33. The summed E-state index contributed by atoms with van der Waals surface area (Å²) in [6, 6.07) is 13.4. The highest BCUT2D eigenvalue weighted by atomic mass is 32.1. The number of hydrogen-bond acceptors (Lipinski definition) is 3. The van der Waals surface area contributed by atoms with E-state index in [9.17, 15) is 0 Å². The smallest absolute Gasteiger partial charge is 0.0454 e. The molecule has 3 rings (SSSR count). The van der Waals surface area contributed by atoms with E-state index < -0.39 is 0 Å². The third kappa shape index (κ3) is 3.20. The summed E-state index contributed by atoms with van der Waals surface area (Å²) in [7, 11) is 0. The molecule has 0 radical (unpaired) electrons. The van der Waals surface area contributed by atoms with Gasteiger partial charge in [0.25, 0.3) is 0 Å². The van der Waals surface area contributed by atoms with E-state index >= 15 is 0 Å². The summed E-state index contributed by atoms with van der Waals surface area (Å²) in [6.45, 7) is 6.73. The topological polar surface area (TPSA) is 26.0 Å². The van der Waals surface area contributed by atoms with E-state index in [2.05, 4.69) is 62.5 Å². The van der Waals surface area contributed by atoms with Gasteiger partial charge in [0, 0.05) is 20.3 Å². The minimum Gasteiger partial charge on any atom is -0.323 e. The second kappa shape index (κ2) is 5.56. The Morgan fingerprint density at radius 2 is 1.76 bits per heavy atom. The van der Waals surface area contributed by atoms with Gasteiger partial charge in [0.15, 0.2) is 0 Å². The standard InChI is InChI=1S/C18H21NS2/c1-18(2,3)13-6-4-12(5-7-13)10-14(19)16-11-17-15(21-16)8-9-20-17/h4-9,11,14H,10,19H2,1-3H3. The molecule has 0 amide bonds. The predicted molar refractivity (Wildman–Crippen MR) is 95.5 cm³/mol. The van der Waals surface area contributed by atoms with Crippen LogP contribution in [0.25, 0.3) is 9.40 Å². The maximum Gasteiger partial charge on any atom is 0.0454 e. The van der Waals surface area contributed by atoms with Crippen LogP contribution in [0.15, 0.2) is 41.8 Å². The van der Waals surface area contributed by atoms with Crippen molar-refractivity contribution in [1.82, 2.24) is 0 Å². The lowest BCUT2D eigenvalue weighted by Crippen LogP contribution is -2.13. The van der Waals surface area contributed by atoms with Gasteiger partial charge in [-0.3, -0.25) is 0 Å². The third-order valence-corrected chi connectivity index (χ3v) is 6.02.